The van der Waals surface area contributed by atoms with E-state index < -0.39 is 5.60 Å². The summed E-state index contributed by atoms with van der Waals surface area (Å²) < 4.78 is 5.03. The highest BCUT2D eigenvalue weighted by molar-refractivity contribution is 5.72. The predicted octanol–water partition coefficient (Wildman–Crippen LogP) is 1.08. The molecule has 0 aromatic carbocycles. The summed E-state index contributed by atoms with van der Waals surface area (Å²) in [6.45, 7) is 6.83. The van der Waals surface area contributed by atoms with Crippen LogP contribution in [0.1, 0.15) is 46.5 Å². The first kappa shape index (κ1) is 17.4. The van der Waals surface area contributed by atoms with Crippen LogP contribution in [0.25, 0.3) is 0 Å². The molecule has 1 aliphatic carbocycles. The summed E-state index contributed by atoms with van der Waals surface area (Å²) in [5.41, 5.74) is -0.773. The average molecular weight is 287 g/mol. The van der Waals surface area contributed by atoms with Crippen LogP contribution >= 0.6 is 0 Å². The number of aliphatic hydroxyl groups is 2. The predicted molar refractivity (Wildman–Crippen MR) is 77.3 cm³/mol. The zero-order chi connectivity index (χ0) is 15.2. The van der Waals surface area contributed by atoms with Gasteiger partial charge in [-0.15, -0.1) is 0 Å². The number of esters is 1. The van der Waals surface area contributed by atoms with Crippen LogP contribution in [-0.2, 0) is 9.53 Å². The maximum Gasteiger partial charge on any atom is 0.308 e. The molecule has 0 aromatic heterocycles. The third-order valence-electron chi connectivity index (χ3n) is 4.23. The van der Waals surface area contributed by atoms with Gasteiger partial charge in [0.25, 0.3) is 0 Å². The van der Waals surface area contributed by atoms with Gasteiger partial charge in [-0.2, -0.15) is 0 Å². The molecule has 1 fully saturated rings. The first-order chi connectivity index (χ1) is 9.41. The van der Waals surface area contributed by atoms with Crippen LogP contribution in [0.4, 0.5) is 0 Å². The normalized spacial score (nSPS) is 28.4. The van der Waals surface area contributed by atoms with E-state index in [1.807, 2.05) is 20.8 Å². The first-order valence-corrected chi connectivity index (χ1v) is 7.65. The van der Waals surface area contributed by atoms with E-state index in [-0.39, 0.29) is 24.5 Å². The van der Waals surface area contributed by atoms with Gasteiger partial charge in [-0.05, 0) is 38.5 Å². The number of rotatable bonds is 7. The van der Waals surface area contributed by atoms with Gasteiger partial charge in [0.1, 0.15) is 0 Å². The maximum absolute atomic E-state index is 11.7. The Morgan fingerprint density at radius 2 is 2.00 bits per heavy atom. The van der Waals surface area contributed by atoms with Crippen molar-refractivity contribution < 1.29 is 19.7 Å². The molecule has 0 saturated heterocycles. The number of hydrogen-bond donors (Lipinski definition) is 3. The van der Waals surface area contributed by atoms with Gasteiger partial charge in [0.05, 0.1) is 24.7 Å². The van der Waals surface area contributed by atoms with E-state index in [2.05, 4.69) is 5.32 Å². The fourth-order valence-electron chi connectivity index (χ4n) is 2.66. The van der Waals surface area contributed by atoms with Crippen molar-refractivity contribution in [1.29, 1.82) is 0 Å². The molecule has 3 N–H and O–H groups in total. The van der Waals surface area contributed by atoms with Crippen LogP contribution in [0, 0.1) is 11.8 Å². The summed E-state index contributed by atoms with van der Waals surface area (Å²) in [5, 5.41) is 23.0. The Balaban J connectivity index is 2.40. The second-order valence-corrected chi connectivity index (χ2v) is 6.16. The van der Waals surface area contributed by atoms with Crippen molar-refractivity contribution in [2.75, 3.05) is 19.8 Å². The number of nitrogens with one attached hydrogen (secondary N) is 1. The second-order valence-electron chi connectivity index (χ2n) is 6.16. The molecule has 5 heteroatoms. The third kappa shape index (κ3) is 5.04. The average Bonchev–Trinajstić information content (AvgIpc) is 2.40. The van der Waals surface area contributed by atoms with E-state index in [9.17, 15) is 15.0 Å². The van der Waals surface area contributed by atoms with Gasteiger partial charge in [0, 0.05) is 12.6 Å². The molecular formula is C15H29NO4. The molecule has 0 aliphatic heterocycles. The summed E-state index contributed by atoms with van der Waals surface area (Å²) in [4.78, 5) is 11.7. The molecule has 1 aliphatic rings. The minimum absolute atomic E-state index is 0.00167. The van der Waals surface area contributed by atoms with Gasteiger partial charge >= 0.3 is 5.97 Å². The highest BCUT2D eigenvalue weighted by Gasteiger charge is 2.36. The fourth-order valence-corrected chi connectivity index (χ4v) is 2.66. The Morgan fingerprint density at radius 3 is 2.45 bits per heavy atom. The second kappa shape index (κ2) is 7.96. The Morgan fingerprint density at radius 1 is 1.40 bits per heavy atom. The van der Waals surface area contributed by atoms with E-state index in [1.165, 1.54) is 0 Å². The summed E-state index contributed by atoms with van der Waals surface area (Å²) in [7, 11) is 0. The van der Waals surface area contributed by atoms with Crippen molar-refractivity contribution in [3.05, 3.63) is 0 Å². The lowest BCUT2D eigenvalue weighted by molar-refractivity contribution is -0.151. The van der Waals surface area contributed by atoms with Crippen LogP contribution in [0.2, 0.25) is 0 Å². The van der Waals surface area contributed by atoms with Crippen LogP contribution < -0.4 is 5.32 Å². The molecule has 1 atom stereocenters. The van der Waals surface area contributed by atoms with Crippen molar-refractivity contribution in [2.24, 2.45) is 11.8 Å². The van der Waals surface area contributed by atoms with Gasteiger partial charge < -0.3 is 20.3 Å². The topological polar surface area (TPSA) is 78.8 Å². The SMILES string of the molecule is CCOC(=O)C1CCC(O)(CNC(CO)C(C)C)CC1. The lowest BCUT2D eigenvalue weighted by atomic mass is 9.78. The number of ether oxygens (including phenoxy) is 1. The highest BCUT2D eigenvalue weighted by Crippen LogP contribution is 2.32. The molecule has 0 heterocycles. The molecule has 1 saturated carbocycles. The van der Waals surface area contributed by atoms with Crippen LogP contribution in [-0.4, -0.2) is 47.6 Å². The third-order valence-corrected chi connectivity index (χ3v) is 4.23. The highest BCUT2D eigenvalue weighted by atomic mass is 16.5. The lowest BCUT2D eigenvalue weighted by Crippen LogP contribution is -2.49. The first-order valence-electron chi connectivity index (χ1n) is 7.65. The quantitative estimate of drug-likeness (QED) is 0.611. The molecule has 1 rings (SSSR count). The van der Waals surface area contributed by atoms with Gasteiger partial charge in [-0.3, -0.25) is 4.79 Å². The Bertz CT molecular complexity index is 298. The molecule has 0 bridgehead atoms. The number of carbonyl (C=O) groups is 1. The molecular weight excluding hydrogens is 258 g/mol. The van der Waals surface area contributed by atoms with E-state index in [1.54, 1.807) is 0 Å². The number of carbonyl (C=O) groups excluding carboxylic acids is 1. The summed E-state index contributed by atoms with van der Waals surface area (Å²) in [6.07, 6.45) is 2.53. The summed E-state index contributed by atoms with van der Waals surface area (Å²) in [6, 6.07) is 0.00167. The standard InChI is InChI=1S/C15H29NO4/c1-4-20-14(18)12-5-7-15(19,8-6-12)10-16-13(9-17)11(2)3/h11-13,16-17,19H,4-10H2,1-3H3. The molecule has 118 valence electrons. The minimum Gasteiger partial charge on any atom is -0.466 e. The molecule has 0 aromatic rings. The van der Waals surface area contributed by atoms with Crippen LogP contribution in [0.15, 0.2) is 0 Å². The molecule has 0 spiro atoms. The van der Waals surface area contributed by atoms with Gasteiger partial charge in [-0.1, -0.05) is 13.8 Å². The molecule has 20 heavy (non-hydrogen) atoms. The van der Waals surface area contributed by atoms with Crippen LogP contribution in [0.3, 0.4) is 0 Å². The van der Waals surface area contributed by atoms with Crippen molar-refractivity contribution in [3.63, 3.8) is 0 Å². The van der Waals surface area contributed by atoms with Crippen molar-refractivity contribution in [2.45, 2.75) is 58.1 Å². The van der Waals surface area contributed by atoms with Gasteiger partial charge in [0.2, 0.25) is 0 Å². The zero-order valence-electron chi connectivity index (χ0n) is 12.9. The Hall–Kier alpha value is -0.650. The smallest absolute Gasteiger partial charge is 0.308 e. The van der Waals surface area contributed by atoms with E-state index in [4.69, 9.17) is 4.74 Å². The molecule has 5 nitrogen and oxygen atoms in total. The fraction of sp³-hybridized carbons (Fsp3) is 0.933. The zero-order valence-corrected chi connectivity index (χ0v) is 12.9. The Kier molecular flexibility index (Phi) is 6.92. The van der Waals surface area contributed by atoms with E-state index >= 15 is 0 Å². The molecule has 0 amide bonds. The van der Waals surface area contributed by atoms with Gasteiger partial charge in [0.15, 0.2) is 0 Å². The largest absolute Gasteiger partial charge is 0.466 e. The van der Waals surface area contributed by atoms with Crippen molar-refractivity contribution in [1.82, 2.24) is 5.32 Å². The minimum atomic E-state index is -0.773. The van der Waals surface area contributed by atoms with Crippen molar-refractivity contribution in [3.8, 4) is 0 Å². The molecule has 1 unspecified atom stereocenters. The Labute approximate surface area is 121 Å². The maximum atomic E-state index is 11.7. The monoisotopic (exact) mass is 287 g/mol. The number of aliphatic hydroxyl groups excluding tert-OH is 1. The summed E-state index contributed by atoms with van der Waals surface area (Å²) >= 11 is 0. The van der Waals surface area contributed by atoms with E-state index in [0.29, 0.717) is 44.8 Å². The lowest BCUT2D eigenvalue weighted by Gasteiger charge is -2.36. The van der Waals surface area contributed by atoms with E-state index in [0.717, 1.165) is 0 Å². The van der Waals surface area contributed by atoms with Crippen LogP contribution in [0.5, 0.6) is 0 Å². The van der Waals surface area contributed by atoms with Gasteiger partial charge in [-0.25, -0.2) is 0 Å². The molecule has 0 radical (unpaired) electrons. The number of hydrogen-bond acceptors (Lipinski definition) is 5. The summed E-state index contributed by atoms with van der Waals surface area (Å²) in [5.74, 6) is 0.103. The van der Waals surface area contributed by atoms with Crippen molar-refractivity contribution >= 4 is 5.97 Å².